The third-order valence-corrected chi connectivity index (χ3v) is 3.05. The molecular weight excluding hydrogens is 270 g/mol. The number of carboxylic acids is 1. The highest BCUT2D eigenvalue weighted by Crippen LogP contribution is 2.19. The second-order valence-electron chi connectivity index (χ2n) is 6.07. The Morgan fingerprint density at radius 2 is 1.90 bits per heavy atom. The third-order valence-electron chi connectivity index (χ3n) is 3.05. The summed E-state index contributed by atoms with van der Waals surface area (Å²) < 4.78 is 0. The molecule has 0 saturated carbocycles. The number of pyridine rings is 1. The molecule has 0 aliphatic heterocycles. The van der Waals surface area contributed by atoms with Crippen LogP contribution in [0.3, 0.4) is 0 Å². The summed E-state index contributed by atoms with van der Waals surface area (Å²) in [5.41, 5.74) is 0.0580. The molecule has 1 rings (SSSR count). The molecule has 0 aromatic carbocycles. The maximum absolute atomic E-state index is 12.7. The minimum atomic E-state index is -0.916. The van der Waals surface area contributed by atoms with E-state index in [1.54, 1.807) is 23.2 Å². The van der Waals surface area contributed by atoms with Crippen LogP contribution >= 0.6 is 0 Å². The molecule has 6 nitrogen and oxygen atoms in total. The molecule has 6 heteroatoms. The Kier molecular flexibility index (Phi) is 5.29. The van der Waals surface area contributed by atoms with Crippen LogP contribution in [0.25, 0.3) is 0 Å². The molecule has 21 heavy (non-hydrogen) atoms. The van der Waals surface area contributed by atoms with Crippen LogP contribution in [0.15, 0.2) is 18.3 Å². The number of rotatable bonds is 5. The Labute approximate surface area is 125 Å². The quantitative estimate of drug-likeness (QED) is 0.897. The molecule has 1 amide bonds. The van der Waals surface area contributed by atoms with Gasteiger partial charge < -0.3 is 14.9 Å². The Bertz CT molecular complexity index is 521. The van der Waals surface area contributed by atoms with E-state index in [4.69, 9.17) is 5.11 Å². The molecule has 0 unspecified atom stereocenters. The van der Waals surface area contributed by atoms with Gasteiger partial charge in [-0.25, -0.2) is 4.98 Å². The van der Waals surface area contributed by atoms with E-state index in [1.165, 1.54) is 0 Å². The lowest BCUT2D eigenvalue weighted by Gasteiger charge is -2.35. The lowest BCUT2D eigenvalue weighted by Crippen LogP contribution is -2.46. The van der Waals surface area contributed by atoms with Gasteiger partial charge in [0, 0.05) is 37.9 Å². The van der Waals surface area contributed by atoms with Gasteiger partial charge in [-0.1, -0.05) is 0 Å². The summed E-state index contributed by atoms with van der Waals surface area (Å²) in [6.07, 6.45) is 1.51. The van der Waals surface area contributed by atoms with Gasteiger partial charge in [0.05, 0.1) is 6.42 Å². The van der Waals surface area contributed by atoms with E-state index in [2.05, 4.69) is 4.98 Å². The van der Waals surface area contributed by atoms with Crippen LogP contribution < -0.4 is 4.90 Å². The molecule has 1 heterocycles. The molecule has 0 spiro atoms. The largest absolute Gasteiger partial charge is 0.481 e. The van der Waals surface area contributed by atoms with E-state index < -0.39 is 11.5 Å². The first kappa shape index (κ1) is 16.9. The first-order valence-electron chi connectivity index (χ1n) is 6.80. The molecule has 116 valence electrons. The first-order valence-corrected chi connectivity index (χ1v) is 6.80. The van der Waals surface area contributed by atoms with Crippen LogP contribution in [0.5, 0.6) is 0 Å². The van der Waals surface area contributed by atoms with Crippen LogP contribution in [0.4, 0.5) is 5.82 Å². The number of carboxylic acid groups (broad SMARTS) is 1. The van der Waals surface area contributed by atoms with Crippen molar-refractivity contribution in [3.05, 3.63) is 23.9 Å². The van der Waals surface area contributed by atoms with Gasteiger partial charge in [0.1, 0.15) is 5.82 Å². The van der Waals surface area contributed by atoms with Gasteiger partial charge >= 0.3 is 5.97 Å². The van der Waals surface area contributed by atoms with Crippen molar-refractivity contribution in [2.75, 3.05) is 25.5 Å². The summed E-state index contributed by atoms with van der Waals surface area (Å²) in [4.78, 5) is 31.0. The predicted molar refractivity (Wildman–Crippen MR) is 81.6 cm³/mol. The zero-order valence-electron chi connectivity index (χ0n) is 13.3. The molecule has 0 radical (unpaired) electrons. The van der Waals surface area contributed by atoms with Crippen molar-refractivity contribution in [2.24, 2.45) is 0 Å². The van der Waals surface area contributed by atoms with E-state index in [0.29, 0.717) is 11.4 Å². The number of nitrogens with zero attached hydrogens (tertiary/aromatic N) is 3. The average Bonchev–Trinajstić information content (AvgIpc) is 2.36. The van der Waals surface area contributed by atoms with Gasteiger partial charge in [-0.15, -0.1) is 0 Å². The summed E-state index contributed by atoms with van der Waals surface area (Å²) in [5.74, 6) is -0.414. The summed E-state index contributed by atoms with van der Waals surface area (Å²) in [6.45, 7) is 5.85. The molecule has 0 fully saturated rings. The van der Waals surface area contributed by atoms with E-state index in [-0.39, 0.29) is 18.9 Å². The van der Waals surface area contributed by atoms with Crippen molar-refractivity contribution < 1.29 is 14.7 Å². The predicted octanol–water partition coefficient (Wildman–Crippen LogP) is 1.86. The zero-order chi connectivity index (χ0) is 16.2. The van der Waals surface area contributed by atoms with Crippen molar-refractivity contribution in [3.63, 3.8) is 0 Å². The molecule has 1 aromatic heterocycles. The van der Waals surface area contributed by atoms with Gasteiger partial charge in [0.25, 0.3) is 5.91 Å². The van der Waals surface area contributed by atoms with Crippen molar-refractivity contribution >= 4 is 17.7 Å². The minimum Gasteiger partial charge on any atom is -0.481 e. The van der Waals surface area contributed by atoms with Gasteiger partial charge in [-0.3, -0.25) is 9.59 Å². The Morgan fingerprint density at radius 1 is 1.29 bits per heavy atom. The van der Waals surface area contributed by atoms with Gasteiger partial charge in [0.15, 0.2) is 0 Å². The Balaban J connectivity index is 3.05. The molecule has 1 N–H and O–H groups in total. The van der Waals surface area contributed by atoms with E-state index in [1.807, 2.05) is 39.8 Å². The van der Waals surface area contributed by atoms with Crippen LogP contribution in [0, 0.1) is 0 Å². The highest BCUT2D eigenvalue weighted by atomic mass is 16.4. The average molecular weight is 293 g/mol. The normalized spacial score (nSPS) is 11.1. The van der Waals surface area contributed by atoms with Crippen molar-refractivity contribution in [3.8, 4) is 0 Å². The summed E-state index contributed by atoms with van der Waals surface area (Å²) in [7, 11) is 3.70. The maximum Gasteiger partial charge on any atom is 0.305 e. The van der Waals surface area contributed by atoms with Crippen molar-refractivity contribution in [2.45, 2.75) is 32.7 Å². The fraction of sp³-hybridized carbons (Fsp3) is 0.533. The molecule has 0 atom stereocenters. The molecule has 0 bridgehead atoms. The lowest BCUT2D eigenvalue weighted by atomic mass is 10.0. The Hall–Kier alpha value is -2.11. The number of aliphatic carboxylic acids is 1. The summed E-state index contributed by atoms with van der Waals surface area (Å²) in [5, 5.41) is 8.84. The number of aromatic nitrogens is 1. The maximum atomic E-state index is 12.7. The summed E-state index contributed by atoms with van der Waals surface area (Å²) in [6, 6.07) is 3.36. The summed E-state index contributed by atoms with van der Waals surface area (Å²) >= 11 is 0. The van der Waals surface area contributed by atoms with Crippen molar-refractivity contribution in [1.29, 1.82) is 0 Å². The van der Waals surface area contributed by atoms with Crippen molar-refractivity contribution in [1.82, 2.24) is 9.88 Å². The second-order valence-corrected chi connectivity index (χ2v) is 6.07. The smallest absolute Gasteiger partial charge is 0.305 e. The number of carbonyl (C=O) groups excluding carboxylic acids is 1. The van der Waals surface area contributed by atoms with Crippen LogP contribution in [0.2, 0.25) is 0 Å². The monoisotopic (exact) mass is 293 g/mol. The zero-order valence-corrected chi connectivity index (χ0v) is 13.3. The lowest BCUT2D eigenvalue weighted by molar-refractivity contribution is -0.137. The molecule has 0 aliphatic carbocycles. The SMILES string of the molecule is CN(C)c1cc(C(=O)N(CCC(=O)O)C(C)(C)C)ccn1. The molecule has 0 aliphatic rings. The number of hydrogen-bond donors (Lipinski definition) is 1. The number of hydrogen-bond acceptors (Lipinski definition) is 4. The topological polar surface area (TPSA) is 73.7 Å². The molecule has 0 saturated heterocycles. The fourth-order valence-corrected chi connectivity index (χ4v) is 1.90. The third kappa shape index (κ3) is 4.73. The second kappa shape index (κ2) is 6.56. The first-order chi connectivity index (χ1) is 9.62. The molecular formula is C15H23N3O3. The molecule has 1 aromatic rings. The van der Waals surface area contributed by atoms with Crippen LogP contribution in [-0.2, 0) is 4.79 Å². The van der Waals surface area contributed by atoms with Crippen LogP contribution in [-0.4, -0.2) is 53.0 Å². The Morgan fingerprint density at radius 3 is 2.38 bits per heavy atom. The standard InChI is InChI=1S/C15H23N3O3/c1-15(2,3)18(9-7-13(19)20)14(21)11-6-8-16-12(10-11)17(4)5/h6,8,10H,7,9H2,1-5H3,(H,19,20). The van der Waals surface area contributed by atoms with Gasteiger partial charge in [-0.2, -0.15) is 0 Å². The highest BCUT2D eigenvalue weighted by molar-refractivity contribution is 5.95. The number of carbonyl (C=O) groups is 2. The fourth-order valence-electron chi connectivity index (χ4n) is 1.90. The highest BCUT2D eigenvalue weighted by Gasteiger charge is 2.28. The van der Waals surface area contributed by atoms with Gasteiger partial charge in [0.2, 0.25) is 0 Å². The van der Waals surface area contributed by atoms with Gasteiger partial charge in [-0.05, 0) is 32.9 Å². The van der Waals surface area contributed by atoms with E-state index in [0.717, 1.165) is 0 Å². The van der Waals surface area contributed by atoms with Crippen LogP contribution in [0.1, 0.15) is 37.6 Å². The number of amides is 1. The van der Waals surface area contributed by atoms with E-state index in [9.17, 15) is 9.59 Å². The number of anilines is 1. The van der Waals surface area contributed by atoms with E-state index >= 15 is 0 Å². The minimum absolute atomic E-state index is 0.0748.